The Balaban J connectivity index is 1.48. The monoisotopic (exact) mass is 638 g/mol. The summed E-state index contributed by atoms with van der Waals surface area (Å²) < 4.78 is 159. The van der Waals surface area contributed by atoms with Crippen molar-refractivity contribution in [3.05, 3.63) is 95.3 Å². The molecule has 1 heterocycles. The lowest BCUT2D eigenvalue weighted by Gasteiger charge is -2.30. The van der Waals surface area contributed by atoms with Crippen molar-refractivity contribution >= 4 is 0 Å². The predicted octanol–water partition coefficient (Wildman–Crippen LogP) is 9.48. The van der Waals surface area contributed by atoms with E-state index in [4.69, 9.17) is 9.47 Å². The quantitative estimate of drug-likeness (QED) is 0.119. The molecule has 0 amide bonds. The molecule has 1 aliphatic rings. The first kappa shape index (κ1) is 33.1. The van der Waals surface area contributed by atoms with Crippen molar-refractivity contribution in [2.75, 3.05) is 13.2 Å². The van der Waals surface area contributed by atoms with E-state index in [1.165, 1.54) is 0 Å². The summed E-state index contributed by atoms with van der Waals surface area (Å²) in [5.74, 6) is -10.8. The number of halogens is 10. The highest BCUT2D eigenvalue weighted by Crippen LogP contribution is 2.40. The Morgan fingerprint density at radius 2 is 1.39 bits per heavy atom. The number of benzene rings is 3. The van der Waals surface area contributed by atoms with Crippen LogP contribution in [0.4, 0.5) is 43.9 Å². The Kier molecular flexibility index (Phi) is 10.1. The van der Waals surface area contributed by atoms with E-state index < -0.39 is 76.0 Å². The van der Waals surface area contributed by atoms with Crippen LogP contribution >= 0.6 is 0 Å². The number of rotatable bonds is 11. The maximum absolute atomic E-state index is 14.9. The molecule has 0 bridgehead atoms. The molecule has 4 rings (SSSR count). The second-order valence-electron chi connectivity index (χ2n) is 9.87. The van der Waals surface area contributed by atoms with Crippen LogP contribution in [0.25, 0.3) is 11.1 Å². The maximum atomic E-state index is 14.9. The van der Waals surface area contributed by atoms with Gasteiger partial charge in [0.05, 0.1) is 18.8 Å². The first-order valence-electron chi connectivity index (χ1n) is 13.1. The zero-order valence-corrected chi connectivity index (χ0v) is 22.6. The van der Waals surface area contributed by atoms with Crippen LogP contribution in [-0.4, -0.2) is 19.6 Å². The molecule has 3 aromatic rings. The van der Waals surface area contributed by atoms with Gasteiger partial charge in [-0.3, -0.25) is 0 Å². The minimum Gasteiger partial charge on any atom is -0.429 e. The Morgan fingerprint density at radius 1 is 0.773 bits per heavy atom. The van der Waals surface area contributed by atoms with Gasteiger partial charge < -0.3 is 18.9 Å². The SMILES string of the molecule is C=CCCCCC1COC(c2cc(F)c(C(F)(F)Oc3cc(F)c(-c4ccc(OC(F)(F)F)c(F)c4)c(F)c3)c(F)c2)OC1. The number of hydrogen-bond donors (Lipinski definition) is 0. The first-order valence-corrected chi connectivity index (χ1v) is 13.1. The smallest absolute Gasteiger partial charge is 0.429 e. The molecule has 0 N–H and O–H groups in total. The zero-order chi connectivity index (χ0) is 32.2. The van der Waals surface area contributed by atoms with Crippen molar-refractivity contribution in [3.63, 3.8) is 0 Å². The van der Waals surface area contributed by atoms with E-state index in [1.807, 2.05) is 0 Å². The van der Waals surface area contributed by atoms with Gasteiger partial charge in [-0.1, -0.05) is 18.6 Å². The van der Waals surface area contributed by atoms with Gasteiger partial charge in [0.1, 0.15) is 34.6 Å². The summed E-state index contributed by atoms with van der Waals surface area (Å²) in [7, 11) is 0. The highest BCUT2D eigenvalue weighted by atomic mass is 19.4. The van der Waals surface area contributed by atoms with E-state index in [-0.39, 0.29) is 36.8 Å². The standard InChI is InChI=1S/C30H24F10O4/c1-2-3-4-5-6-16-14-41-28(42-15-16)18-10-23(34)27(24(35)11-18)29(36,37)43-19-12-21(32)26(22(33)13-19)17-7-8-25(20(31)9-17)44-30(38,39)40/h2,7-13,16,28H,1,3-6,14-15H2. The molecule has 3 aromatic carbocycles. The normalized spacial score (nSPS) is 17.4. The van der Waals surface area contributed by atoms with Crippen molar-refractivity contribution in [1.29, 1.82) is 0 Å². The van der Waals surface area contributed by atoms with E-state index >= 15 is 0 Å². The molecule has 238 valence electrons. The third-order valence-electron chi connectivity index (χ3n) is 6.57. The fourth-order valence-corrected chi connectivity index (χ4v) is 4.58. The molecular weight excluding hydrogens is 614 g/mol. The molecule has 14 heteroatoms. The van der Waals surface area contributed by atoms with Crippen molar-refractivity contribution in [3.8, 4) is 22.6 Å². The summed E-state index contributed by atoms with van der Waals surface area (Å²) >= 11 is 0. The average molecular weight is 638 g/mol. The van der Waals surface area contributed by atoms with Crippen LogP contribution in [0.3, 0.4) is 0 Å². The lowest BCUT2D eigenvalue weighted by atomic mass is 10.0. The molecule has 0 unspecified atom stereocenters. The van der Waals surface area contributed by atoms with E-state index in [0.29, 0.717) is 30.3 Å². The number of hydrogen-bond acceptors (Lipinski definition) is 4. The molecule has 0 saturated carbocycles. The second-order valence-corrected chi connectivity index (χ2v) is 9.87. The lowest BCUT2D eigenvalue weighted by molar-refractivity contribution is -0.275. The summed E-state index contributed by atoms with van der Waals surface area (Å²) in [4.78, 5) is 0. The van der Waals surface area contributed by atoms with Gasteiger partial charge in [0.15, 0.2) is 17.9 Å². The van der Waals surface area contributed by atoms with Crippen molar-refractivity contribution < 1.29 is 62.9 Å². The summed E-state index contributed by atoms with van der Waals surface area (Å²) in [5, 5.41) is 0. The summed E-state index contributed by atoms with van der Waals surface area (Å²) in [5.41, 5.74) is -3.69. The summed E-state index contributed by atoms with van der Waals surface area (Å²) in [6, 6.07) is 3.06. The third-order valence-corrected chi connectivity index (χ3v) is 6.57. The molecule has 1 fully saturated rings. The van der Waals surface area contributed by atoms with Crippen molar-refractivity contribution in [2.24, 2.45) is 5.92 Å². The Bertz CT molecular complexity index is 1440. The molecular formula is C30H24F10O4. The zero-order valence-electron chi connectivity index (χ0n) is 22.6. The van der Waals surface area contributed by atoms with Crippen LogP contribution < -0.4 is 9.47 Å². The average Bonchev–Trinajstić information content (AvgIpc) is 2.91. The molecule has 0 radical (unpaired) electrons. The Morgan fingerprint density at radius 3 is 1.93 bits per heavy atom. The fourth-order valence-electron chi connectivity index (χ4n) is 4.58. The molecule has 0 aromatic heterocycles. The molecule has 1 saturated heterocycles. The molecule has 0 spiro atoms. The van der Waals surface area contributed by atoms with Gasteiger partial charge in [-0.2, -0.15) is 8.78 Å². The van der Waals surface area contributed by atoms with Gasteiger partial charge in [0.25, 0.3) is 0 Å². The minimum absolute atomic E-state index is 0.0386. The topological polar surface area (TPSA) is 36.9 Å². The van der Waals surface area contributed by atoms with E-state index in [1.54, 1.807) is 6.08 Å². The van der Waals surface area contributed by atoms with Crippen molar-refractivity contribution in [1.82, 2.24) is 0 Å². The second kappa shape index (κ2) is 13.5. The van der Waals surface area contributed by atoms with Gasteiger partial charge in [-0.25, -0.2) is 22.0 Å². The number of ether oxygens (including phenoxy) is 4. The molecule has 1 aliphatic heterocycles. The number of alkyl halides is 5. The number of unbranched alkanes of at least 4 members (excludes halogenated alkanes) is 2. The third kappa shape index (κ3) is 8.03. The van der Waals surface area contributed by atoms with Crippen LogP contribution in [-0.2, 0) is 15.6 Å². The van der Waals surface area contributed by atoms with E-state index in [2.05, 4.69) is 16.1 Å². The van der Waals surface area contributed by atoms with E-state index in [9.17, 15) is 43.9 Å². The molecule has 44 heavy (non-hydrogen) atoms. The van der Waals surface area contributed by atoms with Gasteiger partial charge in [0.2, 0.25) is 0 Å². The van der Waals surface area contributed by atoms with Gasteiger partial charge in [0, 0.05) is 23.6 Å². The van der Waals surface area contributed by atoms with Crippen LogP contribution in [0.15, 0.2) is 55.1 Å². The summed E-state index contributed by atoms with van der Waals surface area (Å²) in [6.07, 6.45) is -5.98. The lowest BCUT2D eigenvalue weighted by Crippen LogP contribution is -2.28. The first-order chi connectivity index (χ1) is 20.7. The highest BCUT2D eigenvalue weighted by molar-refractivity contribution is 5.67. The van der Waals surface area contributed by atoms with Crippen LogP contribution in [0.5, 0.6) is 11.5 Å². The van der Waals surface area contributed by atoms with Gasteiger partial charge in [-0.05, 0) is 49.1 Å². The van der Waals surface area contributed by atoms with Crippen LogP contribution in [0.2, 0.25) is 0 Å². The van der Waals surface area contributed by atoms with Gasteiger partial charge >= 0.3 is 12.5 Å². The number of allylic oxidation sites excluding steroid dienone is 1. The van der Waals surface area contributed by atoms with Crippen LogP contribution in [0.1, 0.15) is 43.1 Å². The Labute approximate surface area is 244 Å². The summed E-state index contributed by atoms with van der Waals surface area (Å²) in [6.45, 7) is 4.08. The molecule has 0 atom stereocenters. The van der Waals surface area contributed by atoms with Crippen LogP contribution in [0, 0.1) is 35.0 Å². The molecule has 4 nitrogen and oxygen atoms in total. The minimum atomic E-state index is -5.24. The largest absolute Gasteiger partial charge is 0.573 e. The van der Waals surface area contributed by atoms with E-state index in [0.717, 1.165) is 25.7 Å². The van der Waals surface area contributed by atoms with Gasteiger partial charge in [-0.15, -0.1) is 19.8 Å². The maximum Gasteiger partial charge on any atom is 0.573 e. The molecule has 0 aliphatic carbocycles. The Hall–Kier alpha value is -3.78. The fraction of sp³-hybridized carbons (Fsp3) is 0.333. The van der Waals surface area contributed by atoms with Crippen molar-refractivity contribution in [2.45, 2.75) is 44.4 Å². The predicted molar refractivity (Wildman–Crippen MR) is 136 cm³/mol. The highest BCUT2D eigenvalue weighted by Gasteiger charge is 2.42.